The Balaban J connectivity index is 1.50. The van der Waals surface area contributed by atoms with Crippen molar-refractivity contribution in [2.45, 2.75) is 31.2 Å². The minimum atomic E-state index is -0.615. The number of hydrogen-bond donors (Lipinski definition) is 2. The molecule has 1 saturated carbocycles. The lowest BCUT2D eigenvalue weighted by Crippen LogP contribution is -3.16. The van der Waals surface area contributed by atoms with Gasteiger partial charge in [0.05, 0.1) is 43.0 Å². The van der Waals surface area contributed by atoms with Gasteiger partial charge < -0.3 is 15.1 Å². The van der Waals surface area contributed by atoms with E-state index < -0.39 is 5.54 Å². The van der Waals surface area contributed by atoms with E-state index in [1.807, 2.05) is 24.3 Å². The van der Waals surface area contributed by atoms with Gasteiger partial charge >= 0.3 is 0 Å². The summed E-state index contributed by atoms with van der Waals surface area (Å²) in [6, 6.07) is 10.2. The van der Waals surface area contributed by atoms with Crippen LogP contribution in [0.2, 0.25) is 5.02 Å². The Kier molecular flexibility index (Phi) is 5.27. The van der Waals surface area contributed by atoms with E-state index in [1.165, 1.54) is 4.90 Å². The summed E-state index contributed by atoms with van der Waals surface area (Å²) in [4.78, 5) is 15.9. The zero-order chi connectivity index (χ0) is 17.0. The predicted molar refractivity (Wildman–Crippen MR) is 94.2 cm³/mol. The lowest BCUT2D eigenvalue weighted by molar-refractivity contribution is -0.892. The van der Waals surface area contributed by atoms with E-state index in [0.717, 1.165) is 62.6 Å². The van der Waals surface area contributed by atoms with Crippen molar-refractivity contribution in [2.75, 3.05) is 37.6 Å². The molecule has 1 heterocycles. The lowest BCUT2D eigenvalue weighted by atomic mass is 10.00. The van der Waals surface area contributed by atoms with E-state index in [4.69, 9.17) is 11.6 Å². The van der Waals surface area contributed by atoms with Crippen LogP contribution in [0.5, 0.6) is 0 Å². The molecule has 1 amide bonds. The highest BCUT2D eigenvalue weighted by Crippen LogP contribution is 2.28. The molecule has 6 heteroatoms. The van der Waals surface area contributed by atoms with Gasteiger partial charge in [-0.25, -0.2) is 0 Å². The SMILES string of the molecule is N#CC1(NC(=O)C[NH+]2CCN(c3ccccc3Cl)CC2)CCCC1. The number of benzene rings is 1. The second-order valence-electron chi connectivity index (χ2n) is 6.81. The number of rotatable bonds is 4. The number of anilines is 1. The number of carbonyl (C=O) groups is 1. The highest BCUT2D eigenvalue weighted by Gasteiger charge is 2.36. The molecule has 0 aromatic heterocycles. The summed E-state index contributed by atoms with van der Waals surface area (Å²) < 4.78 is 0. The topological polar surface area (TPSA) is 60.6 Å². The fourth-order valence-electron chi connectivity index (χ4n) is 3.73. The standard InChI is InChI=1S/C18H23ClN4O/c19-15-5-1-2-6-16(15)23-11-9-22(10-12-23)13-17(24)21-18(14-20)7-3-4-8-18/h1-2,5-6H,3-4,7-13H2,(H,21,24)/p+1. The Morgan fingerprint density at radius 2 is 1.96 bits per heavy atom. The molecule has 2 fully saturated rings. The van der Waals surface area contributed by atoms with Crippen LogP contribution in [0.15, 0.2) is 24.3 Å². The predicted octanol–water partition coefficient (Wildman–Crippen LogP) is 0.997. The number of piperazine rings is 1. The zero-order valence-corrected chi connectivity index (χ0v) is 14.6. The summed E-state index contributed by atoms with van der Waals surface area (Å²) in [5.74, 6) is -0.000330. The highest BCUT2D eigenvalue weighted by molar-refractivity contribution is 6.33. The Morgan fingerprint density at radius 3 is 2.58 bits per heavy atom. The molecule has 1 aromatic carbocycles. The third-order valence-electron chi connectivity index (χ3n) is 5.12. The number of amides is 1. The number of nitriles is 1. The van der Waals surface area contributed by atoms with Crippen LogP contribution in [-0.2, 0) is 4.79 Å². The maximum absolute atomic E-state index is 12.3. The van der Waals surface area contributed by atoms with Gasteiger partial charge in [0.2, 0.25) is 0 Å². The maximum atomic E-state index is 12.3. The molecule has 1 aliphatic heterocycles. The Hall–Kier alpha value is -1.77. The molecule has 3 rings (SSSR count). The van der Waals surface area contributed by atoms with Crippen molar-refractivity contribution < 1.29 is 9.69 Å². The van der Waals surface area contributed by atoms with Crippen LogP contribution in [0.25, 0.3) is 0 Å². The van der Waals surface area contributed by atoms with E-state index in [9.17, 15) is 10.1 Å². The smallest absolute Gasteiger partial charge is 0.276 e. The maximum Gasteiger partial charge on any atom is 0.276 e. The summed E-state index contributed by atoms with van der Waals surface area (Å²) in [5, 5.41) is 13.1. The second kappa shape index (κ2) is 7.42. The van der Waals surface area contributed by atoms with Crippen LogP contribution < -0.4 is 15.1 Å². The first-order valence-corrected chi connectivity index (χ1v) is 9.05. The van der Waals surface area contributed by atoms with E-state index in [1.54, 1.807) is 0 Å². The Bertz CT molecular complexity index is 628. The number of para-hydroxylation sites is 1. The second-order valence-corrected chi connectivity index (χ2v) is 7.22. The summed E-state index contributed by atoms with van der Waals surface area (Å²) in [6.07, 6.45) is 3.62. The van der Waals surface area contributed by atoms with Crippen LogP contribution in [0.3, 0.4) is 0 Å². The molecule has 0 unspecified atom stereocenters. The fourth-order valence-corrected chi connectivity index (χ4v) is 3.99. The van der Waals surface area contributed by atoms with Crippen LogP contribution >= 0.6 is 11.6 Å². The van der Waals surface area contributed by atoms with Gasteiger partial charge in [-0.3, -0.25) is 4.79 Å². The van der Waals surface area contributed by atoms with Crippen molar-refractivity contribution in [1.82, 2.24) is 5.32 Å². The molecule has 1 aliphatic carbocycles. The molecular formula is C18H24ClN4O+. The number of carbonyl (C=O) groups excluding carboxylic acids is 1. The average molecular weight is 348 g/mol. The van der Waals surface area contributed by atoms with Gasteiger partial charge in [-0.1, -0.05) is 23.7 Å². The monoisotopic (exact) mass is 347 g/mol. The highest BCUT2D eigenvalue weighted by atomic mass is 35.5. The van der Waals surface area contributed by atoms with E-state index >= 15 is 0 Å². The van der Waals surface area contributed by atoms with Crippen LogP contribution in [0.1, 0.15) is 25.7 Å². The molecule has 24 heavy (non-hydrogen) atoms. The van der Waals surface area contributed by atoms with Crippen LogP contribution in [0, 0.1) is 11.3 Å². The lowest BCUT2D eigenvalue weighted by Gasteiger charge is -2.34. The summed E-state index contributed by atoms with van der Waals surface area (Å²) >= 11 is 6.26. The van der Waals surface area contributed by atoms with Crippen molar-refractivity contribution >= 4 is 23.2 Å². The summed E-state index contributed by atoms with van der Waals surface area (Å²) in [5.41, 5.74) is 0.452. The van der Waals surface area contributed by atoms with Gasteiger partial charge in [0, 0.05) is 0 Å². The van der Waals surface area contributed by atoms with Gasteiger partial charge in [0.1, 0.15) is 5.54 Å². The van der Waals surface area contributed by atoms with Crippen molar-refractivity contribution in [3.05, 3.63) is 29.3 Å². The number of halogens is 1. The minimum Gasteiger partial charge on any atom is -0.359 e. The molecule has 0 radical (unpaired) electrons. The fraction of sp³-hybridized carbons (Fsp3) is 0.556. The van der Waals surface area contributed by atoms with Crippen molar-refractivity contribution in [2.24, 2.45) is 0 Å². The zero-order valence-electron chi connectivity index (χ0n) is 13.9. The largest absolute Gasteiger partial charge is 0.359 e. The molecular weight excluding hydrogens is 324 g/mol. The number of hydrogen-bond acceptors (Lipinski definition) is 3. The van der Waals surface area contributed by atoms with Gasteiger partial charge in [-0.05, 0) is 37.8 Å². The van der Waals surface area contributed by atoms with Crippen LogP contribution in [0.4, 0.5) is 5.69 Å². The molecule has 1 aromatic rings. The number of nitrogens with one attached hydrogen (secondary N) is 2. The summed E-state index contributed by atoms with van der Waals surface area (Å²) in [6.45, 7) is 4.02. The first-order chi connectivity index (χ1) is 11.6. The Labute approximate surface area is 148 Å². The first-order valence-electron chi connectivity index (χ1n) is 8.67. The first kappa shape index (κ1) is 17.1. The Morgan fingerprint density at radius 1 is 1.29 bits per heavy atom. The number of nitrogens with zero attached hydrogens (tertiary/aromatic N) is 2. The normalized spacial score (nSPS) is 20.6. The molecule has 0 atom stereocenters. The van der Waals surface area contributed by atoms with Gasteiger partial charge in [0.25, 0.3) is 5.91 Å². The molecule has 0 spiro atoms. The van der Waals surface area contributed by atoms with E-state index in [0.29, 0.717) is 6.54 Å². The van der Waals surface area contributed by atoms with Gasteiger partial charge in [-0.15, -0.1) is 0 Å². The van der Waals surface area contributed by atoms with Crippen LogP contribution in [-0.4, -0.2) is 44.2 Å². The minimum absolute atomic E-state index is 0.000330. The van der Waals surface area contributed by atoms with E-state index in [2.05, 4.69) is 16.3 Å². The molecule has 2 aliphatic rings. The third-order valence-corrected chi connectivity index (χ3v) is 5.44. The quantitative estimate of drug-likeness (QED) is 0.854. The molecule has 0 bridgehead atoms. The molecule has 128 valence electrons. The summed E-state index contributed by atoms with van der Waals surface area (Å²) in [7, 11) is 0. The molecule has 2 N–H and O–H groups in total. The third kappa shape index (κ3) is 3.82. The van der Waals surface area contributed by atoms with Gasteiger partial charge in [-0.2, -0.15) is 5.26 Å². The number of quaternary nitrogens is 1. The van der Waals surface area contributed by atoms with Crippen molar-refractivity contribution in [3.63, 3.8) is 0 Å². The molecule has 5 nitrogen and oxygen atoms in total. The van der Waals surface area contributed by atoms with Crippen molar-refractivity contribution in [1.29, 1.82) is 5.26 Å². The van der Waals surface area contributed by atoms with Crippen molar-refractivity contribution in [3.8, 4) is 6.07 Å². The molecule has 1 saturated heterocycles. The average Bonchev–Trinajstić information content (AvgIpc) is 3.05. The van der Waals surface area contributed by atoms with E-state index in [-0.39, 0.29) is 5.91 Å². The van der Waals surface area contributed by atoms with Gasteiger partial charge in [0.15, 0.2) is 6.54 Å².